The summed E-state index contributed by atoms with van der Waals surface area (Å²) in [7, 11) is 0. The van der Waals surface area contributed by atoms with E-state index >= 15 is 0 Å². The number of nitrogens with zero attached hydrogens (tertiary/aromatic N) is 2. The van der Waals surface area contributed by atoms with E-state index in [2.05, 4.69) is 22.9 Å². The average Bonchev–Trinajstić information content (AvgIpc) is 3.08. The largest absolute Gasteiger partial charge is 0.349 e. The average molecular weight is 428 g/mol. The number of aromatic nitrogens is 2. The van der Waals surface area contributed by atoms with Crippen LogP contribution in [0.4, 0.5) is 4.39 Å². The van der Waals surface area contributed by atoms with Crippen molar-refractivity contribution in [3.8, 4) is 0 Å². The number of aryl methyl sites for hydroxylation is 1. The van der Waals surface area contributed by atoms with Crippen LogP contribution in [0.1, 0.15) is 58.1 Å². The second-order valence-electron chi connectivity index (χ2n) is 7.64. The molecular weight excluding hydrogens is 397 g/mol. The SMILES string of the molecule is CCCCCCn1c(S[C@@H](C)C(=O)N[C@@H](C)c2ccc(F)cc2)nc2ccccc21. The van der Waals surface area contributed by atoms with Crippen molar-refractivity contribution < 1.29 is 9.18 Å². The minimum atomic E-state index is -0.292. The van der Waals surface area contributed by atoms with Crippen LogP contribution in [0.15, 0.2) is 53.7 Å². The van der Waals surface area contributed by atoms with Gasteiger partial charge in [0.15, 0.2) is 5.16 Å². The molecule has 6 heteroatoms. The summed E-state index contributed by atoms with van der Waals surface area (Å²) in [5.74, 6) is -0.333. The fourth-order valence-electron chi connectivity index (χ4n) is 3.43. The summed E-state index contributed by atoms with van der Waals surface area (Å²) in [5, 5.41) is 3.62. The number of benzene rings is 2. The molecule has 2 atom stereocenters. The van der Waals surface area contributed by atoms with Crippen molar-refractivity contribution in [2.75, 3.05) is 0 Å². The number of rotatable bonds is 10. The third-order valence-electron chi connectivity index (χ3n) is 5.23. The Morgan fingerprint density at radius 2 is 1.83 bits per heavy atom. The number of nitrogens with one attached hydrogen (secondary N) is 1. The second-order valence-corrected chi connectivity index (χ2v) is 8.95. The molecule has 30 heavy (non-hydrogen) atoms. The Morgan fingerprint density at radius 3 is 2.57 bits per heavy atom. The number of unbranched alkanes of at least 4 members (excludes halogenated alkanes) is 3. The van der Waals surface area contributed by atoms with Gasteiger partial charge in [-0.2, -0.15) is 0 Å². The van der Waals surface area contributed by atoms with Gasteiger partial charge in [0, 0.05) is 6.54 Å². The highest BCUT2D eigenvalue weighted by Gasteiger charge is 2.21. The summed E-state index contributed by atoms with van der Waals surface area (Å²) in [4.78, 5) is 17.6. The number of fused-ring (bicyclic) bond motifs is 1. The Labute approximate surface area is 182 Å². The molecule has 1 aromatic heterocycles. The van der Waals surface area contributed by atoms with Crippen molar-refractivity contribution in [1.82, 2.24) is 14.9 Å². The molecule has 0 spiro atoms. The Hall–Kier alpha value is -2.34. The van der Waals surface area contributed by atoms with Crippen LogP contribution in [0.25, 0.3) is 11.0 Å². The van der Waals surface area contributed by atoms with Gasteiger partial charge in [0.2, 0.25) is 5.91 Å². The van der Waals surface area contributed by atoms with Crippen molar-refractivity contribution in [2.45, 2.75) is 69.4 Å². The highest BCUT2D eigenvalue weighted by molar-refractivity contribution is 8.00. The first-order valence-corrected chi connectivity index (χ1v) is 11.5. The van der Waals surface area contributed by atoms with Gasteiger partial charge >= 0.3 is 0 Å². The standard InChI is InChI=1S/C24H30FN3OS/c1-4-5-6-9-16-28-22-11-8-7-10-21(22)27-24(28)30-18(3)23(29)26-17(2)19-12-14-20(25)15-13-19/h7-8,10-15,17-18H,4-6,9,16H2,1-3H3,(H,26,29)/t17-,18-/m0/s1. The molecule has 1 heterocycles. The van der Waals surface area contributed by atoms with E-state index in [1.54, 1.807) is 12.1 Å². The predicted molar refractivity (Wildman–Crippen MR) is 122 cm³/mol. The van der Waals surface area contributed by atoms with Crippen LogP contribution in [0.2, 0.25) is 0 Å². The van der Waals surface area contributed by atoms with Crippen molar-refractivity contribution in [3.05, 3.63) is 59.9 Å². The Morgan fingerprint density at radius 1 is 1.10 bits per heavy atom. The molecule has 1 N–H and O–H groups in total. The normalized spacial score (nSPS) is 13.3. The van der Waals surface area contributed by atoms with Crippen LogP contribution in [-0.2, 0) is 11.3 Å². The van der Waals surface area contributed by atoms with Gasteiger partial charge < -0.3 is 9.88 Å². The zero-order valence-corrected chi connectivity index (χ0v) is 18.7. The molecule has 0 radical (unpaired) electrons. The van der Waals surface area contributed by atoms with Gasteiger partial charge in [-0.3, -0.25) is 4.79 Å². The van der Waals surface area contributed by atoms with E-state index < -0.39 is 0 Å². The van der Waals surface area contributed by atoms with E-state index in [-0.39, 0.29) is 23.0 Å². The van der Waals surface area contributed by atoms with Crippen LogP contribution >= 0.6 is 11.8 Å². The molecule has 0 aliphatic carbocycles. The molecule has 160 valence electrons. The number of imidazole rings is 1. The molecule has 0 unspecified atom stereocenters. The minimum Gasteiger partial charge on any atom is -0.349 e. The van der Waals surface area contributed by atoms with Gasteiger partial charge in [0.05, 0.1) is 22.3 Å². The van der Waals surface area contributed by atoms with E-state index in [9.17, 15) is 9.18 Å². The topological polar surface area (TPSA) is 46.9 Å². The Bertz CT molecular complexity index is 970. The first kappa shape index (κ1) is 22.3. The van der Waals surface area contributed by atoms with Crippen LogP contribution in [0.3, 0.4) is 0 Å². The van der Waals surface area contributed by atoms with E-state index in [1.807, 2.05) is 32.0 Å². The monoisotopic (exact) mass is 427 g/mol. The fourth-order valence-corrected chi connectivity index (χ4v) is 4.39. The number of hydrogen-bond acceptors (Lipinski definition) is 3. The van der Waals surface area contributed by atoms with Gasteiger partial charge in [0.1, 0.15) is 5.82 Å². The lowest BCUT2D eigenvalue weighted by molar-refractivity contribution is -0.120. The maximum Gasteiger partial charge on any atom is 0.233 e. The number of carbonyl (C=O) groups is 1. The molecule has 0 saturated carbocycles. The van der Waals surface area contributed by atoms with E-state index in [1.165, 1.54) is 43.2 Å². The van der Waals surface area contributed by atoms with Crippen molar-refractivity contribution >= 4 is 28.7 Å². The lowest BCUT2D eigenvalue weighted by atomic mass is 10.1. The summed E-state index contributed by atoms with van der Waals surface area (Å²) < 4.78 is 15.4. The van der Waals surface area contributed by atoms with Crippen LogP contribution < -0.4 is 5.32 Å². The molecule has 1 amide bonds. The molecule has 0 aliphatic rings. The second kappa shape index (κ2) is 10.6. The van der Waals surface area contributed by atoms with Gasteiger partial charge in [-0.25, -0.2) is 9.37 Å². The lowest BCUT2D eigenvalue weighted by Crippen LogP contribution is -2.33. The van der Waals surface area contributed by atoms with Crippen LogP contribution in [0, 0.1) is 5.82 Å². The van der Waals surface area contributed by atoms with Gasteiger partial charge in [-0.15, -0.1) is 0 Å². The molecule has 0 fully saturated rings. The Balaban J connectivity index is 1.69. The highest BCUT2D eigenvalue weighted by atomic mass is 32.2. The third kappa shape index (κ3) is 5.63. The van der Waals surface area contributed by atoms with Crippen LogP contribution in [0.5, 0.6) is 0 Å². The maximum atomic E-state index is 13.1. The van der Waals surface area contributed by atoms with Crippen molar-refractivity contribution in [3.63, 3.8) is 0 Å². The smallest absolute Gasteiger partial charge is 0.233 e. The summed E-state index contributed by atoms with van der Waals surface area (Å²) in [5.41, 5.74) is 2.96. The quantitative estimate of drug-likeness (QED) is 0.313. The van der Waals surface area contributed by atoms with E-state index in [0.29, 0.717) is 0 Å². The molecule has 0 aliphatic heterocycles. The number of amides is 1. The minimum absolute atomic E-state index is 0.0542. The lowest BCUT2D eigenvalue weighted by Gasteiger charge is -2.18. The number of thioether (sulfide) groups is 1. The maximum absolute atomic E-state index is 13.1. The van der Waals surface area contributed by atoms with Crippen molar-refractivity contribution in [1.29, 1.82) is 0 Å². The number of para-hydroxylation sites is 2. The molecule has 3 rings (SSSR count). The molecule has 2 aromatic carbocycles. The zero-order chi connectivity index (χ0) is 21.5. The molecule has 0 saturated heterocycles. The fraction of sp³-hybridized carbons (Fsp3) is 0.417. The summed E-state index contributed by atoms with van der Waals surface area (Å²) >= 11 is 1.49. The van der Waals surface area contributed by atoms with Gasteiger partial charge in [-0.1, -0.05) is 62.2 Å². The Kier molecular flexibility index (Phi) is 7.91. The summed E-state index contributed by atoms with van der Waals surface area (Å²) in [6.07, 6.45) is 4.73. The summed E-state index contributed by atoms with van der Waals surface area (Å²) in [6.45, 7) is 6.92. The number of carbonyl (C=O) groups excluding carboxylic acids is 1. The zero-order valence-electron chi connectivity index (χ0n) is 17.9. The molecule has 3 aromatic rings. The van der Waals surface area contributed by atoms with Gasteiger partial charge in [0.25, 0.3) is 0 Å². The molecule has 4 nitrogen and oxygen atoms in total. The molecular formula is C24H30FN3OS. The first-order valence-electron chi connectivity index (χ1n) is 10.7. The third-order valence-corrected chi connectivity index (χ3v) is 6.33. The van der Waals surface area contributed by atoms with Crippen LogP contribution in [-0.4, -0.2) is 20.7 Å². The highest BCUT2D eigenvalue weighted by Crippen LogP contribution is 2.28. The van der Waals surface area contributed by atoms with E-state index in [0.717, 1.165) is 34.7 Å². The van der Waals surface area contributed by atoms with E-state index in [4.69, 9.17) is 4.98 Å². The van der Waals surface area contributed by atoms with Gasteiger partial charge in [-0.05, 0) is 50.1 Å². The van der Waals surface area contributed by atoms with Crippen molar-refractivity contribution in [2.24, 2.45) is 0 Å². The first-order chi connectivity index (χ1) is 14.5. The number of hydrogen-bond donors (Lipinski definition) is 1. The predicted octanol–water partition coefficient (Wildman–Crippen LogP) is 6.11. The summed E-state index contributed by atoms with van der Waals surface area (Å²) in [6, 6.07) is 14.2. The molecule has 0 bridgehead atoms. The number of halogens is 1.